The van der Waals surface area contributed by atoms with Crippen LogP contribution in [0.5, 0.6) is 5.88 Å². The number of ether oxygens (including phenoxy) is 1. The van der Waals surface area contributed by atoms with Gasteiger partial charge in [0.1, 0.15) is 23.2 Å². The molecule has 0 amide bonds. The lowest BCUT2D eigenvalue weighted by Crippen LogP contribution is -1.97. The molecule has 3 heterocycles. The number of pyridine rings is 1. The molecule has 5 nitrogen and oxygen atoms in total. The fourth-order valence-corrected chi connectivity index (χ4v) is 2.18. The number of aromatic amines is 1. The van der Waals surface area contributed by atoms with Crippen molar-refractivity contribution in [2.24, 2.45) is 0 Å². The summed E-state index contributed by atoms with van der Waals surface area (Å²) in [4.78, 5) is 7.47. The van der Waals surface area contributed by atoms with Crippen molar-refractivity contribution in [2.75, 3.05) is 7.11 Å². The molecule has 104 valence electrons. The molecule has 0 aliphatic rings. The molecule has 0 radical (unpaired) electrons. The predicted octanol–water partition coefficient (Wildman–Crippen LogP) is 3.53. The van der Waals surface area contributed by atoms with Crippen LogP contribution < -0.4 is 4.74 Å². The van der Waals surface area contributed by atoms with Crippen molar-refractivity contribution in [2.45, 2.75) is 6.92 Å². The van der Waals surface area contributed by atoms with Crippen molar-refractivity contribution < 1.29 is 9.15 Å². The number of aromatic nitrogens is 2. The maximum absolute atomic E-state index is 9.40. The lowest BCUT2D eigenvalue weighted by atomic mass is 10.1. The molecule has 0 saturated heterocycles. The van der Waals surface area contributed by atoms with Crippen LogP contribution in [0.3, 0.4) is 0 Å². The van der Waals surface area contributed by atoms with Gasteiger partial charge in [0, 0.05) is 11.8 Å². The lowest BCUT2D eigenvalue weighted by Gasteiger charge is -2.09. The third-order valence-electron chi connectivity index (χ3n) is 3.17. The first kappa shape index (κ1) is 13.0. The van der Waals surface area contributed by atoms with Crippen molar-refractivity contribution >= 4 is 0 Å². The van der Waals surface area contributed by atoms with E-state index in [1.165, 1.54) is 7.11 Å². The monoisotopic (exact) mass is 279 g/mol. The minimum Gasteiger partial charge on any atom is -0.480 e. The van der Waals surface area contributed by atoms with Gasteiger partial charge in [-0.3, -0.25) is 0 Å². The van der Waals surface area contributed by atoms with Gasteiger partial charge in [-0.1, -0.05) is 0 Å². The zero-order valence-electron chi connectivity index (χ0n) is 11.7. The Kier molecular flexibility index (Phi) is 3.20. The lowest BCUT2D eigenvalue weighted by molar-refractivity contribution is 0.397. The summed E-state index contributed by atoms with van der Waals surface area (Å²) in [5.41, 5.74) is 2.58. The number of nitrogens with zero attached hydrogens (tertiary/aromatic N) is 2. The summed E-state index contributed by atoms with van der Waals surface area (Å²) in [6.45, 7) is 1.86. The Bertz CT molecular complexity index is 811. The zero-order chi connectivity index (χ0) is 14.8. The summed E-state index contributed by atoms with van der Waals surface area (Å²) >= 11 is 0. The second-order valence-corrected chi connectivity index (χ2v) is 4.55. The highest BCUT2D eigenvalue weighted by atomic mass is 16.5. The Balaban J connectivity index is 2.26. The van der Waals surface area contributed by atoms with Gasteiger partial charge in [-0.15, -0.1) is 0 Å². The van der Waals surface area contributed by atoms with E-state index in [-0.39, 0.29) is 5.88 Å². The molecule has 3 aromatic heterocycles. The van der Waals surface area contributed by atoms with Gasteiger partial charge in [-0.05, 0) is 37.3 Å². The smallest absolute Gasteiger partial charge is 0.232 e. The van der Waals surface area contributed by atoms with Gasteiger partial charge in [0.25, 0.3) is 0 Å². The highest BCUT2D eigenvalue weighted by molar-refractivity contribution is 5.74. The minimum absolute atomic E-state index is 0.286. The molecule has 0 bridgehead atoms. The quantitative estimate of drug-likeness (QED) is 0.795. The number of aryl methyl sites for hydroxylation is 1. The van der Waals surface area contributed by atoms with Crippen molar-refractivity contribution in [1.29, 1.82) is 5.26 Å². The molecule has 21 heavy (non-hydrogen) atoms. The summed E-state index contributed by atoms with van der Waals surface area (Å²) in [5, 5.41) is 9.40. The molecule has 0 aliphatic heterocycles. The van der Waals surface area contributed by atoms with Crippen molar-refractivity contribution in [3.8, 4) is 34.7 Å². The third kappa shape index (κ3) is 2.28. The first-order chi connectivity index (χ1) is 10.2. The average Bonchev–Trinajstić information content (AvgIpc) is 3.17. The van der Waals surface area contributed by atoms with Crippen LogP contribution in [-0.4, -0.2) is 17.1 Å². The van der Waals surface area contributed by atoms with Crippen LogP contribution in [-0.2, 0) is 0 Å². The number of hydrogen-bond donors (Lipinski definition) is 1. The number of rotatable bonds is 3. The van der Waals surface area contributed by atoms with E-state index in [9.17, 15) is 5.26 Å². The van der Waals surface area contributed by atoms with Crippen LogP contribution in [0.4, 0.5) is 0 Å². The van der Waals surface area contributed by atoms with Crippen LogP contribution in [0.1, 0.15) is 11.3 Å². The molecule has 1 N–H and O–H groups in total. The van der Waals surface area contributed by atoms with E-state index < -0.39 is 0 Å². The maximum atomic E-state index is 9.40. The summed E-state index contributed by atoms with van der Waals surface area (Å²) in [6.07, 6.45) is 1.82. The number of nitrogens with one attached hydrogen (secondary N) is 1. The average molecular weight is 279 g/mol. The Hall–Kier alpha value is -3.00. The minimum atomic E-state index is 0.286. The predicted molar refractivity (Wildman–Crippen MR) is 77.7 cm³/mol. The van der Waals surface area contributed by atoms with Crippen molar-refractivity contribution in [3.63, 3.8) is 0 Å². The highest BCUT2D eigenvalue weighted by Crippen LogP contribution is 2.33. The number of nitriles is 1. The van der Waals surface area contributed by atoms with Crippen LogP contribution in [0, 0.1) is 18.3 Å². The molecular weight excluding hydrogens is 266 g/mol. The van der Waals surface area contributed by atoms with Gasteiger partial charge < -0.3 is 14.1 Å². The summed E-state index contributed by atoms with van der Waals surface area (Å²) in [6, 6.07) is 11.5. The Morgan fingerprint density at radius 1 is 1.33 bits per heavy atom. The van der Waals surface area contributed by atoms with Crippen LogP contribution >= 0.6 is 0 Å². The van der Waals surface area contributed by atoms with Gasteiger partial charge in [0.15, 0.2) is 0 Å². The molecule has 3 aromatic rings. The summed E-state index contributed by atoms with van der Waals surface area (Å²) < 4.78 is 10.9. The highest BCUT2D eigenvalue weighted by Gasteiger charge is 2.18. The molecule has 0 atom stereocenters. The third-order valence-corrected chi connectivity index (χ3v) is 3.17. The van der Waals surface area contributed by atoms with Crippen LogP contribution in [0.2, 0.25) is 0 Å². The number of hydrogen-bond acceptors (Lipinski definition) is 4. The number of methoxy groups -OCH3 is 1. The zero-order valence-corrected chi connectivity index (χ0v) is 11.7. The van der Waals surface area contributed by atoms with Crippen LogP contribution in [0.25, 0.3) is 22.7 Å². The topological polar surface area (TPSA) is 74.8 Å². The van der Waals surface area contributed by atoms with Gasteiger partial charge in [-0.2, -0.15) is 5.26 Å². The molecule has 0 spiro atoms. The van der Waals surface area contributed by atoms with E-state index in [2.05, 4.69) is 16.0 Å². The molecule has 0 fully saturated rings. The van der Waals surface area contributed by atoms with Crippen LogP contribution in [0.15, 0.2) is 40.9 Å². The fourth-order valence-electron chi connectivity index (χ4n) is 2.18. The van der Waals surface area contributed by atoms with Gasteiger partial charge in [0.05, 0.1) is 18.5 Å². The van der Waals surface area contributed by atoms with E-state index in [0.29, 0.717) is 22.6 Å². The van der Waals surface area contributed by atoms with E-state index in [1.807, 2.05) is 43.5 Å². The standard InChI is InChI=1S/C16H13N3O2/c1-10-5-6-15(21-10)11-8-14(13-4-3-7-18-13)19-16(20-2)12(11)9-17/h3-8,18H,1-2H3. The first-order valence-corrected chi connectivity index (χ1v) is 6.42. The number of furan rings is 1. The first-order valence-electron chi connectivity index (χ1n) is 6.42. The van der Waals surface area contributed by atoms with Gasteiger partial charge in [-0.25, -0.2) is 4.98 Å². The van der Waals surface area contributed by atoms with Crippen molar-refractivity contribution in [3.05, 3.63) is 47.9 Å². The molecule has 3 rings (SSSR count). The van der Waals surface area contributed by atoms with E-state index in [1.54, 1.807) is 0 Å². The van der Waals surface area contributed by atoms with E-state index in [0.717, 1.165) is 11.5 Å². The molecule has 0 unspecified atom stereocenters. The number of H-pyrrole nitrogens is 1. The largest absolute Gasteiger partial charge is 0.480 e. The summed E-state index contributed by atoms with van der Waals surface area (Å²) in [7, 11) is 1.50. The molecule has 5 heteroatoms. The Morgan fingerprint density at radius 3 is 2.76 bits per heavy atom. The van der Waals surface area contributed by atoms with Gasteiger partial charge >= 0.3 is 0 Å². The SMILES string of the molecule is COc1nc(-c2ccc[nH]2)cc(-c2ccc(C)o2)c1C#N. The molecule has 0 aliphatic carbocycles. The molecule has 0 aromatic carbocycles. The van der Waals surface area contributed by atoms with Gasteiger partial charge in [0.2, 0.25) is 5.88 Å². The molecular formula is C16H13N3O2. The van der Waals surface area contributed by atoms with E-state index >= 15 is 0 Å². The van der Waals surface area contributed by atoms with Crippen molar-refractivity contribution in [1.82, 2.24) is 9.97 Å². The second-order valence-electron chi connectivity index (χ2n) is 4.55. The Morgan fingerprint density at radius 2 is 2.19 bits per heavy atom. The molecule has 0 saturated carbocycles. The Labute approximate surface area is 121 Å². The second kappa shape index (κ2) is 5.17. The summed E-state index contributed by atoms with van der Waals surface area (Å²) in [5.74, 6) is 1.69. The fraction of sp³-hybridized carbons (Fsp3) is 0.125. The van der Waals surface area contributed by atoms with E-state index in [4.69, 9.17) is 9.15 Å². The maximum Gasteiger partial charge on any atom is 0.232 e. The normalized spacial score (nSPS) is 10.3.